The second-order valence-corrected chi connectivity index (χ2v) is 9.00. The van der Waals surface area contributed by atoms with Crippen LogP contribution in [0.4, 0.5) is 0 Å². The number of rotatable bonds is 9. The van der Waals surface area contributed by atoms with Crippen LogP contribution in [0.5, 0.6) is 0 Å². The Bertz CT molecular complexity index is 787. The number of hydrogen-bond donors (Lipinski definition) is 2. The number of fused-ring (bicyclic) bond motifs is 1. The molecule has 0 spiro atoms. The SMILES string of the molecule is CCCC[C@H](CC(=O)OC(C)(C)C)C(=O)N[C@H](c1nc2ccccc2[nH]1)C(C)C. The van der Waals surface area contributed by atoms with Crippen molar-refractivity contribution in [3.63, 3.8) is 0 Å². The minimum Gasteiger partial charge on any atom is -0.460 e. The van der Waals surface area contributed by atoms with Crippen molar-refractivity contribution in [3.8, 4) is 0 Å². The molecule has 160 valence electrons. The maximum atomic E-state index is 13.1. The number of aromatic nitrogens is 2. The highest BCUT2D eigenvalue weighted by molar-refractivity contribution is 5.84. The molecule has 1 aromatic heterocycles. The summed E-state index contributed by atoms with van der Waals surface area (Å²) < 4.78 is 5.44. The van der Waals surface area contributed by atoms with Crippen LogP contribution >= 0.6 is 0 Å². The number of para-hydroxylation sites is 2. The summed E-state index contributed by atoms with van der Waals surface area (Å²) in [5, 5.41) is 3.13. The third-order valence-corrected chi connectivity index (χ3v) is 4.78. The molecule has 2 aromatic rings. The summed E-state index contributed by atoms with van der Waals surface area (Å²) in [7, 11) is 0. The zero-order valence-electron chi connectivity index (χ0n) is 18.5. The first-order valence-corrected chi connectivity index (χ1v) is 10.6. The molecule has 0 aliphatic heterocycles. The lowest BCUT2D eigenvalue weighted by Crippen LogP contribution is -2.38. The van der Waals surface area contributed by atoms with Crippen LogP contribution < -0.4 is 5.32 Å². The third kappa shape index (κ3) is 6.87. The van der Waals surface area contributed by atoms with Gasteiger partial charge in [-0.1, -0.05) is 45.7 Å². The zero-order chi connectivity index (χ0) is 21.6. The van der Waals surface area contributed by atoms with Crippen LogP contribution in [0.25, 0.3) is 11.0 Å². The molecule has 1 amide bonds. The van der Waals surface area contributed by atoms with E-state index < -0.39 is 11.5 Å². The van der Waals surface area contributed by atoms with Gasteiger partial charge in [0.25, 0.3) is 0 Å². The molecule has 0 bridgehead atoms. The van der Waals surface area contributed by atoms with Gasteiger partial charge >= 0.3 is 5.97 Å². The van der Waals surface area contributed by atoms with E-state index in [0.29, 0.717) is 6.42 Å². The molecule has 2 atom stereocenters. The molecule has 2 rings (SSSR count). The van der Waals surface area contributed by atoms with Gasteiger partial charge in [0.05, 0.1) is 23.5 Å². The minimum absolute atomic E-state index is 0.0913. The van der Waals surface area contributed by atoms with E-state index in [1.165, 1.54) is 0 Å². The fourth-order valence-corrected chi connectivity index (χ4v) is 3.30. The summed E-state index contributed by atoms with van der Waals surface area (Å²) in [4.78, 5) is 33.4. The van der Waals surface area contributed by atoms with Crippen molar-refractivity contribution in [2.75, 3.05) is 0 Å². The molecule has 0 saturated carbocycles. The number of unbranched alkanes of at least 4 members (excludes halogenated alkanes) is 1. The summed E-state index contributed by atoms with van der Waals surface area (Å²) in [5.41, 5.74) is 1.26. The Morgan fingerprint density at radius 1 is 1.21 bits per heavy atom. The topological polar surface area (TPSA) is 84.1 Å². The van der Waals surface area contributed by atoms with Crippen molar-refractivity contribution >= 4 is 22.9 Å². The van der Waals surface area contributed by atoms with Crippen molar-refractivity contribution in [2.24, 2.45) is 11.8 Å². The Labute approximate surface area is 173 Å². The normalized spacial score (nSPS) is 14.0. The summed E-state index contributed by atoms with van der Waals surface area (Å²) in [5.74, 6) is 0.0198. The largest absolute Gasteiger partial charge is 0.460 e. The second-order valence-electron chi connectivity index (χ2n) is 9.00. The standard InChI is InChI=1S/C23H35N3O3/c1-7-8-11-16(14-19(27)29-23(4,5)6)22(28)26-20(15(2)3)21-24-17-12-9-10-13-18(17)25-21/h9-10,12-13,15-16,20H,7-8,11,14H2,1-6H3,(H,24,25)(H,26,28)/t16-,20+/m1/s1. The van der Waals surface area contributed by atoms with Gasteiger partial charge < -0.3 is 15.0 Å². The van der Waals surface area contributed by atoms with E-state index in [9.17, 15) is 9.59 Å². The predicted molar refractivity (Wildman–Crippen MR) is 115 cm³/mol. The number of hydrogen-bond acceptors (Lipinski definition) is 4. The maximum Gasteiger partial charge on any atom is 0.307 e. The van der Waals surface area contributed by atoms with Crippen molar-refractivity contribution in [3.05, 3.63) is 30.1 Å². The van der Waals surface area contributed by atoms with Gasteiger partial charge in [0.15, 0.2) is 0 Å². The van der Waals surface area contributed by atoms with E-state index in [1.807, 2.05) is 58.9 Å². The molecular formula is C23H35N3O3. The van der Waals surface area contributed by atoms with Gasteiger partial charge in [-0.3, -0.25) is 9.59 Å². The van der Waals surface area contributed by atoms with Crippen LogP contribution in [0.2, 0.25) is 0 Å². The summed E-state index contributed by atoms with van der Waals surface area (Å²) in [6.07, 6.45) is 2.60. The first-order valence-electron chi connectivity index (χ1n) is 10.6. The molecule has 29 heavy (non-hydrogen) atoms. The van der Waals surface area contributed by atoms with Gasteiger partial charge in [0.2, 0.25) is 5.91 Å². The van der Waals surface area contributed by atoms with Gasteiger partial charge in [0.1, 0.15) is 11.4 Å². The molecule has 0 aliphatic rings. The molecule has 1 heterocycles. The lowest BCUT2D eigenvalue weighted by Gasteiger charge is -2.25. The average Bonchev–Trinajstić information content (AvgIpc) is 3.04. The van der Waals surface area contributed by atoms with Crippen LogP contribution in [0, 0.1) is 11.8 Å². The smallest absolute Gasteiger partial charge is 0.307 e. The fourth-order valence-electron chi connectivity index (χ4n) is 3.30. The average molecular weight is 402 g/mol. The first-order chi connectivity index (χ1) is 13.6. The van der Waals surface area contributed by atoms with Gasteiger partial charge in [-0.25, -0.2) is 4.98 Å². The molecule has 6 nitrogen and oxygen atoms in total. The van der Waals surface area contributed by atoms with E-state index in [4.69, 9.17) is 4.74 Å². The lowest BCUT2D eigenvalue weighted by atomic mass is 9.95. The first kappa shape index (κ1) is 22.9. The van der Waals surface area contributed by atoms with Crippen LogP contribution in [0.3, 0.4) is 0 Å². The summed E-state index contributed by atoms with van der Waals surface area (Å²) in [6.45, 7) is 11.7. The molecule has 0 saturated heterocycles. The number of carbonyl (C=O) groups is 2. The number of H-pyrrole nitrogens is 1. The van der Waals surface area contributed by atoms with E-state index in [2.05, 4.69) is 22.2 Å². The number of nitrogens with zero attached hydrogens (tertiary/aromatic N) is 1. The van der Waals surface area contributed by atoms with Gasteiger partial charge in [-0.05, 0) is 45.2 Å². The van der Waals surface area contributed by atoms with E-state index in [0.717, 1.165) is 29.7 Å². The maximum absolute atomic E-state index is 13.1. The highest BCUT2D eigenvalue weighted by Gasteiger charge is 2.29. The lowest BCUT2D eigenvalue weighted by molar-refractivity contribution is -0.157. The molecule has 1 aromatic carbocycles. The number of aromatic amines is 1. The predicted octanol–water partition coefficient (Wildman–Crippen LogP) is 4.91. The molecule has 0 fully saturated rings. The fraction of sp³-hybridized carbons (Fsp3) is 0.609. The number of benzene rings is 1. The Kier molecular flexibility index (Phi) is 7.82. The Morgan fingerprint density at radius 3 is 2.48 bits per heavy atom. The number of nitrogens with one attached hydrogen (secondary N) is 2. The summed E-state index contributed by atoms with van der Waals surface area (Å²) >= 11 is 0. The van der Waals surface area contributed by atoms with E-state index in [1.54, 1.807) is 0 Å². The highest BCUT2D eigenvalue weighted by Crippen LogP contribution is 2.24. The highest BCUT2D eigenvalue weighted by atomic mass is 16.6. The molecule has 0 radical (unpaired) electrons. The Morgan fingerprint density at radius 2 is 1.90 bits per heavy atom. The molecule has 0 unspecified atom stereocenters. The zero-order valence-corrected chi connectivity index (χ0v) is 18.5. The van der Waals surface area contributed by atoms with Crippen molar-refractivity contribution in [1.82, 2.24) is 15.3 Å². The number of carbonyl (C=O) groups excluding carboxylic acids is 2. The van der Waals surface area contributed by atoms with E-state index >= 15 is 0 Å². The van der Waals surface area contributed by atoms with Gasteiger partial charge in [0, 0.05) is 5.92 Å². The Balaban J connectivity index is 2.15. The monoisotopic (exact) mass is 401 g/mol. The number of imidazole rings is 1. The Hall–Kier alpha value is -2.37. The number of amides is 1. The molecule has 6 heteroatoms. The second kappa shape index (κ2) is 9.90. The molecular weight excluding hydrogens is 366 g/mol. The summed E-state index contributed by atoms with van der Waals surface area (Å²) in [6, 6.07) is 7.56. The number of ether oxygens (including phenoxy) is 1. The van der Waals surface area contributed by atoms with Crippen LogP contribution in [0.15, 0.2) is 24.3 Å². The molecule has 0 aliphatic carbocycles. The minimum atomic E-state index is -0.558. The van der Waals surface area contributed by atoms with Crippen LogP contribution in [0.1, 0.15) is 79.1 Å². The molecule has 2 N–H and O–H groups in total. The number of esters is 1. The van der Waals surface area contributed by atoms with Crippen LogP contribution in [-0.4, -0.2) is 27.4 Å². The van der Waals surface area contributed by atoms with Crippen molar-refractivity contribution in [2.45, 2.75) is 78.9 Å². The van der Waals surface area contributed by atoms with Crippen molar-refractivity contribution < 1.29 is 14.3 Å². The van der Waals surface area contributed by atoms with Gasteiger partial charge in [-0.2, -0.15) is 0 Å². The quantitative estimate of drug-likeness (QED) is 0.585. The van der Waals surface area contributed by atoms with E-state index in [-0.39, 0.29) is 30.3 Å². The van der Waals surface area contributed by atoms with Gasteiger partial charge in [-0.15, -0.1) is 0 Å². The van der Waals surface area contributed by atoms with Crippen molar-refractivity contribution in [1.29, 1.82) is 0 Å². The third-order valence-electron chi connectivity index (χ3n) is 4.78. The van der Waals surface area contributed by atoms with Crippen LogP contribution in [-0.2, 0) is 14.3 Å².